The second-order valence-electron chi connectivity index (χ2n) is 5.20. The number of benzene rings is 1. The van der Waals surface area contributed by atoms with E-state index in [4.69, 9.17) is 4.74 Å². The number of aromatic nitrogens is 2. The van der Waals surface area contributed by atoms with Gasteiger partial charge in [-0.15, -0.1) is 0 Å². The highest BCUT2D eigenvalue weighted by Gasteiger charge is 2.18. The lowest BCUT2D eigenvalue weighted by Crippen LogP contribution is -2.23. The van der Waals surface area contributed by atoms with Crippen molar-refractivity contribution in [1.29, 1.82) is 0 Å². The Bertz CT molecular complexity index is 577. The second-order valence-corrected chi connectivity index (χ2v) is 5.20. The number of hydrogen-bond donors (Lipinski definition) is 1. The van der Waals surface area contributed by atoms with Crippen LogP contribution in [-0.2, 0) is 7.05 Å². The molecule has 0 aliphatic rings. The molecule has 1 N–H and O–H groups in total. The van der Waals surface area contributed by atoms with E-state index in [2.05, 4.69) is 36.4 Å². The molecule has 1 unspecified atom stereocenters. The Morgan fingerprint density at radius 2 is 2.14 bits per heavy atom. The zero-order valence-electron chi connectivity index (χ0n) is 13.4. The van der Waals surface area contributed by atoms with Gasteiger partial charge in [-0.3, -0.25) is 4.68 Å². The van der Waals surface area contributed by atoms with Gasteiger partial charge in [-0.1, -0.05) is 19.1 Å². The van der Waals surface area contributed by atoms with E-state index in [0.29, 0.717) is 6.61 Å². The molecule has 0 amide bonds. The summed E-state index contributed by atoms with van der Waals surface area (Å²) in [5.74, 6) is 0.917. The molecule has 1 atom stereocenters. The predicted molar refractivity (Wildman–Crippen MR) is 85.7 cm³/mol. The van der Waals surface area contributed by atoms with E-state index in [0.717, 1.165) is 18.7 Å². The topological polar surface area (TPSA) is 39.1 Å². The third-order valence-corrected chi connectivity index (χ3v) is 3.69. The van der Waals surface area contributed by atoms with Gasteiger partial charge in [0.05, 0.1) is 18.8 Å². The smallest absolute Gasteiger partial charge is 0.119 e. The average molecular weight is 287 g/mol. The molecule has 0 saturated carbocycles. The largest absolute Gasteiger partial charge is 0.494 e. The molecule has 0 spiro atoms. The maximum Gasteiger partial charge on any atom is 0.119 e. The Morgan fingerprint density at radius 3 is 2.76 bits per heavy atom. The van der Waals surface area contributed by atoms with Gasteiger partial charge in [-0.25, -0.2) is 0 Å². The molecule has 2 aromatic rings. The first-order valence-corrected chi connectivity index (χ1v) is 7.62. The summed E-state index contributed by atoms with van der Waals surface area (Å²) in [5.41, 5.74) is 3.62. The quantitative estimate of drug-likeness (QED) is 0.850. The Kier molecular flexibility index (Phi) is 5.39. The summed E-state index contributed by atoms with van der Waals surface area (Å²) in [5, 5.41) is 7.99. The van der Waals surface area contributed by atoms with Crippen molar-refractivity contribution in [3.63, 3.8) is 0 Å². The first-order chi connectivity index (χ1) is 10.2. The fourth-order valence-electron chi connectivity index (χ4n) is 2.45. The summed E-state index contributed by atoms with van der Waals surface area (Å²) in [7, 11) is 1.98. The van der Waals surface area contributed by atoms with Gasteiger partial charge in [0.1, 0.15) is 5.75 Å². The van der Waals surface area contributed by atoms with Crippen molar-refractivity contribution in [3.05, 3.63) is 47.3 Å². The van der Waals surface area contributed by atoms with Gasteiger partial charge >= 0.3 is 0 Å². The average Bonchev–Trinajstić information content (AvgIpc) is 2.81. The molecule has 0 aliphatic carbocycles. The number of rotatable bonds is 7. The molecule has 0 bridgehead atoms. The molecule has 1 aromatic heterocycles. The summed E-state index contributed by atoms with van der Waals surface area (Å²) in [4.78, 5) is 0. The van der Waals surface area contributed by atoms with Crippen molar-refractivity contribution < 1.29 is 4.74 Å². The van der Waals surface area contributed by atoms with Gasteiger partial charge in [-0.05, 0) is 44.5 Å². The highest BCUT2D eigenvalue weighted by Crippen LogP contribution is 2.27. The van der Waals surface area contributed by atoms with Crippen molar-refractivity contribution in [2.75, 3.05) is 13.2 Å². The Morgan fingerprint density at radius 1 is 1.33 bits per heavy atom. The minimum Gasteiger partial charge on any atom is -0.494 e. The van der Waals surface area contributed by atoms with Crippen LogP contribution in [0.4, 0.5) is 0 Å². The predicted octanol–water partition coefficient (Wildman–Crippen LogP) is 3.22. The van der Waals surface area contributed by atoms with Crippen LogP contribution in [0.2, 0.25) is 0 Å². The number of hydrogen-bond acceptors (Lipinski definition) is 3. The molecule has 1 heterocycles. The number of ether oxygens (including phenoxy) is 1. The van der Waals surface area contributed by atoms with Gasteiger partial charge in [0, 0.05) is 18.3 Å². The minimum atomic E-state index is 0.152. The van der Waals surface area contributed by atoms with Gasteiger partial charge in [0.25, 0.3) is 0 Å². The van der Waals surface area contributed by atoms with Gasteiger partial charge in [0.2, 0.25) is 0 Å². The summed E-state index contributed by atoms with van der Waals surface area (Å²) in [6.07, 6.45) is 3.05. The summed E-state index contributed by atoms with van der Waals surface area (Å²) in [6.45, 7) is 7.94. The molecule has 4 heteroatoms. The zero-order valence-corrected chi connectivity index (χ0v) is 13.4. The third-order valence-electron chi connectivity index (χ3n) is 3.69. The Hall–Kier alpha value is -1.81. The third kappa shape index (κ3) is 3.64. The van der Waals surface area contributed by atoms with Gasteiger partial charge in [0.15, 0.2) is 0 Å². The lowest BCUT2D eigenvalue weighted by molar-refractivity contribution is 0.339. The standard InChI is InChI=1S/C17H25N3O/c1-5-10-18-17(16-12-19-20(4)13(16)3)14-8-7-9-15(11-14)21-6-2/h7-9,11-12,17-18H,5-6,10H2,1-4H3. The first kappa shape index (κ1) is 15.6. The highest BCUT2D eigenvalue weighted by molar-refractivity contribution is 5.37. The van der Waals surface area contributed by atoms with Crippen LogP contribution in [0.5, 0.6) is 5.75 Å². The lowest BCUT2D eigenvalue weighted by atomic mass is 9.99. The van der Waals surface area contributed by atoms with E-state index in [9.17, 15) is 0 Å². The monoisotopic (exact) mass is 287 g/mol. The van der Waals surface area contributed by atoms with Gasteiger partial charge < -0.3 is 10.1 Å². The molecular formula is C17H25N3O. The maximum atomic E-state index is 5.62. The highest BCUT2D eigenvalue weighted by atomic mass is 16.5. The summed E-state index contributed by atoms with van der Waals surface area (Å²) < 4.78 is 7.54. The zero-order chi connectivity index (χ0) is 15.2. The van der Waals surface area contributed by atoms with Crippen LogP contribution in [0.1, 0.15) is 43.1 Å². The Balaban J connectivity index is 2.35. The Labute approximate surface area is 127 Å². The maximum absolute atomic E-state index is 5.62. The van der Waals surface area contributed by atoms with Crippen molar-refractivity contribution >= 4 is 0 Å². The van der Waals surface area contributed by atoms with Crippen LogP contribution < -0.4 is 10.1 Å². The van der Waals surface area contributed by atoms with Crippen molar-refractivity contribution in [3.8, 4) is 5.75 Å². The van der Waals surface area contributed by atoms with E-state index < -0.39 is 0 Å². The van der Waals surface area contributed by atoms with E-state index >= 15 is 0 Å². The molecule has 0 saturated heterocycles. The van der Waals surface area contributed by atoms with Crippen molar-refractivity contribution in [2.24, 2.45) is 7.05 Å². The van der Waals surface area contributed by atoms with E-state index in [1.165, 1.54) is 16.8 Å². The van der Waals surface area contributed by atoms with Crippen LogP contribution in [-0.4, -0.2) is 22.9 Å². The number of nitrogens with zero attached hydrogens (tertiary/aromatic N) is 2. The number of aryl methyl sites for hydroxylation is 1. The van der Waals surface area contributed by atoms with E-state index in [1.807, 2.05) is 37.0 Å². The molecule has 2 rings (SSSR count). The fourth-order valence-corrected chi connectivity index (χ4v) is 2.45. The molecule has 0 radical (unpaired) electrons. The molecule has 21 heavy (non-hydrogen) atoms. The normalized spacial score (nSPS) is 12.4. The van der Waals surface area contributed by atoms with Crippen LogP contribution >= 0.6 is 0 Å². The molecule has 114 valence electrons. The van der Waals surface area contributed by atoms with Crippen LogP contribution in [0.15, 0.2) is 30.5 Å². The van der Waals surface area contributed by atoms with Crippen molar-refractivity contribution in [2.45, 2.75) is 33.2 Å². The molecular weight excluding hydrogens is 262 g/mol. The SMILES string of the molecule is CCCNC(c1cccc(OCC)c1)c1cnn(C)c1C. The molecule has 4 nitrogen and oxygen atoms in total. The lowest BCUT2D eigenvalue weighted by Gasteiger charge is -2.20. The van der Waals surface area contributed by atoms with Crippen LogP contribution in [0.25, 0.3) is 0 Å². The van der Waals surface area contributed by atoms with E-state index in [1.54, 1.807) is 0 Å². The second kappa shape index (κ2) is 7.27. The van der Waals surface area contributed by atoms with Gasteiger partial charge in [-0.2, -0.15) is 5.10 Å². The summed E-state index contributed by atoms with van der Waals surface area (Å²) in [6, 6.07) is 8.46. The first-order valence-electron chi connectivity index (χ1n) is 7.62. The van der Waals surface area contributed by atoms with Crippen molar-refractivity contribution in [1.82, 2.24) is 15.1 Å². The molecule has 0 aliphatic heterocycles. The molecule has 0 fully saturated rings. The fraction of sp³-hybridized carbons (Fsp3) is 0.471. The number of nitrogens with one attached hydrogen (secondary N) is 1. The summed E-state index contributed by atoms with van der Waals surface area (Å²) >= 11 is 0. The van der Waals surface area contributed by atoms with Crippen LogP contribution in [0.3, 0.4) is 0 Å². The van der Waals surface area contributed by atoms with E-state index in [-0.39, 0.29) is 6.04 Å². The minimum absolute atomic E-state index is 0.152. The molecule has 1 aromatic carbocycles. The van der Waals surface area contributed by atoms with Crippen LogP contribution in [0, 0.1) is 6.92 Å².